The summed E-state index contributed by atoms with van der Waals surface area (Å²) in [5, 5.41) is 2.99. The second-order valence-electron chi connectivity index (χ2n) is 5.68. The number of halogens is 1. The maximum Gasteiger partial charge on any atom is 0.223 e. The van der Waals surface area contributed by atoms with Crippen molar-refractivity contribution in [3.8, 4) is 0 Å². The van der Waals surface area contributed by atoms with E-state index in [4.69, 9.17) is 5.73 Å². The van der Waals surface area contributed by atoms with Crippen molar-refractivity contribution in [3.63, 3.8) is 0 Å². The first-order valence-electron chi connectivity index (χ1n) is 6.77. The van der Waals surface area contributed by atoms with E-state index in [0.29, 0.717) is 24.4 Å². The molecule has 2 aliphatic carbocycles. The molecule has 2 saturated carbocycles. The number of nitrogens with zero attached hydrogens (tertiary/aromatic N) is 1. The van der Waals surface area contributed by atoms with Gasteiger partial charge in [0.2, 0.25) is 5.91 Å². The zero-order chi connectivity index (χ0) is 13.4. The molecule has 102 valence electrons. The molecule has 1 aromatic rings. The van der Waals surface area contributed by atoms with Gasteiger partial charge in [-0.15, -0.1) is 0 Å². The third-order valence-corrected chi connectivity index (χ3v) is 4.95. The van der Waals surface area contributed by atoms with Crippen molar-refractivity contribution in [2.24, 2.45) is 23.5 Å². The van der Waals surface area contributed by atoms with Crippen LogP contribution in [0.15, 0.2) is 22.8 Å². The van der Waals surface area contributed by atoms with E-state index >= 15 is 0 Å². The van der Waals surface area contributed by atoms with Crippen LogP contribution < -0.4 is 11.1 Å². The second-order valence-corrected chi connectivity index (χ2v) is 6.59. The highest BCUT2D eigenvalue weighted by Gasteiger charge is 2.47. The van der Waals surface area contributed by atoms with E-state index in [9.17, 15) is 4.79 Å². The average molecular weight is 324 g/mol. The molecule has 0 aromatic carbocycles. The van der Waals surface area contributed by atoms with Gasteiger partial charge in [0.15, 0.2) is 0 Å². The number of hydrogen-bond acceptors (Lipinski definition) is 3. The normalized spacial score (nSPS) is 32.5. The Hall–Kier alpha value is -0.940. The summed E-state index contributed by atoms with van der Waals surface area (Å²) in [4.78, 5) is 16.4. The molecule has 2 aliphatic rings. The molecule has 1 heterocycles. The summed E-state index contributed by atoms with van der Waals surface area (Å²) in [6, 6.07) is 4.18. The Labute approximate surface area is 121 Å². The first-order valence-corrected chi connectivity index (χ1v) is 7.56. The van der Waals surface area contributed by atoms with E-state index in [1.165, 1.54) is 0 Å². The van der Waals surface area contributed by atoms with Crippen molar-refractivity contribution < 1.29 is 4.79 Å². The SMILES string of the molecule is NC1CC2CC(C(=O)NCc3ccc(Br)cn3)CC12. The second kappa shape index (κ2) is 5.21. The van der Waals surface area contributed by atoms with Gasteiger partial charge in [-0.1, -0.05) is 0 Å². The van der Waals surface area contributed by atoms with Gasteiger partial charge in [0.05, 0.1) is 12.2 Å². The third kappa shape index (κ3) is 2.67. The lowest BCUT2D eigenvalue weighted by atomic mass is 9.72. The number of nitrogens with one attached hydrogen (secondary N) is 1. The van der Waals surface area contributed by atoms with Gasteiger partial charge in [-0.25, -0.2) is 0 Å². The Morgan fingerprint density at radius 2 is 2.26 bits per heavy atom. The van der Waals surface area contributed by atoms with Crippen LogP contribution in [-0.4, -0.2) is 16.9 Å². The van der Waals surface area contributed by atoms with Gasteiger partial charge in [0.25, 0.3) is 0 Å². The quantitative estimate of drug-likeness (QED) is 0.891. The molecular formula is C14H18BrN3O. The van der Waals surface area contributed by atoms with Crippen molar-refractivity contribution in [3.05, 3.63) is 28.5 Å². The van der Waals surface area contributed by atoms with Crippen LogP contribution in [0.3, 0.4) is 0 Å². The van der Waals surface area contributed by atoms with Gasteiger partial charge >= 0.3 is 0 Å². The highest BCUT2D eigenvalue weighted by atomic mass is 79.9. The van der Waals surface area contributed by atoms with Gasteiger partial charge in [-0.3, -0.25) is 9.78 Å². The van der Waals surface area contributed by atoms with E-state index in [0.717, 1.165) is 29.4 Å². The molecule has 4 nitrogen and oxygen atoms in total. The Kier molecular flexibility index (Phi) is 3.58. The van der Waals surface area contributed by atoms with E-state index in [-0.39, 0.29) is 11.8 Å². The number of rotatable bonds is 3. The van der Waals surface area contributed by atoms with Crippen LogP contribution in [0, 0.1) is 17.8 Å². The number of pyridine rings is 1. The molecule has 4 atom stereocenters. The number of nitrogens with two attached hydrogens (primary N) is 1. The first kappa shape index (κ1) is 13.1. The average Bonchev–Trinajstić information content (AvgIpc) is 2.75. The number of hydrogen-bond donors (Lipinski definition) is 2. The molecule has 0 saturated heterocycles. The minimum atomic E-state index is 0.152. The van der Waals surface area contributed by atoms with Crippen molar-refractivity contribution in [1.82, 2.24) is 10.3 Å². The smallest absolute Gasteiger partial charge is 0.223 e. The van der Waals surface area contributed by atoms with Gasteiger partial charge < -0.3 is 11.1 Å². The molecule has 0 bridgehead atoms. The Morgan fingerprint density at radius 3 is 2.89 bits per heavy atom. The molecule has 0 aliphatic heterocycles. The summed E-state index contributed by atoms with van der Waals surface area (Å²) >= 11 is 3.34. The van der Waals surface area contributed by atoms with Crippen molar-refractivity contribution in [2.45, 2.75) is 31.8 Å². The Bertz CT molecular complexity index is 476. The van der Waals surface area contributed by atoms with Gasteiger partial charge in [0.1, 0.15) is 0 Å². The molecule has 5 heteroatoms. The van der Waals surface area contributed by atoms with E-state index in [2.05, 4.69) is 26.2 Å². The van der Waals surface area contributed by atoms with Gasteiger partial charge in [-0.05, 0) is 59.2 Å². The largest absolute Gasteiger partial charge is 0.350 e. The van der Waals surface area contributed by atoms with Gasteiger partial charge in [-0.2, -0.15) is 0 Å². The van der Waals surface area contributed by atoms with Crippen molar-refractivity contribution >= 4 is 21.8 Å². The summed E-state index contributed by atoms with van der Waals surface area (Å²) in [6.07, 6.45) is 4.82. The van der Waals surface area contributed by atoms with Crippen LogP contribution in [0.1, 0.15) is 25.0 Å². The predicted octanol–water partition coefficient (Wildman–Crippen LogP) is 1.83. The summed E-state index contributed by atoms with van der Waals surface area (Å²) in [6.45, 7) is 0.504. The number of aromatic nitrogens is 1. The zero-order valence-electron chi connectivity index (χ0n) is 10.7. The third-order valence-electron chi connectivity index (χ3n) is 4.48. The summed E-state index contributed by atoms with van der Waals surface area (Å²) in [5.74, 6) is 1.59. The minimum absolute atomic E-state index is 0.152. The fourth-order valence-electron chi connectivity index (χ4n) is 3.33. The fourth-order valence-corrected chi connectivity index (χ4v) is 3.56. The summed E-state index contributed by atoms with van der Waals surface area (Å²) in [7, 11) is 0. The monoisotopic (exact) mass is 323 g/mol. The molecule has 0 spiro atoms. The maximum atomic E-state index is 12.1. The number of carbonyl (C=O) groups is 1. The van der Waals surface area contributed by atoms with E-state index in [1.807, 2.05) is 12.1 Å². The standard InChI is InChI=1S/C14H18BrN3O/c15-10-1-2-11(17-6-10)7-18-14(19)9-3-8-5-13(16)12(8)4-9/h1-2,6,8-9,12-13H,3-5,7,16H2,(H,18,19). The lowest BCUT2D eigenvalue weighted by Crippen LogP contribution is -2.44. The maximum absolute atomic E-state index is 12.1. The lowest BCUT2D eigenvalue weighted by molar-refractivity contribution is -0.125. The molecule has 3 rings (SSSR count). The molecule has 0 radical (unpaired) electrons. The van der Waals surface area contributed by atoms with Gasteiger partial charge in [0, 0.05) is 22.6 Å². The van der Waals surface area contributed by atoms with Crippen molar-refractivity contribution in [2.75, 3.05) is 0 Å². The van der Waals surface area contributed by atoms with E-state index < -0.39 is 0 Å². The van der Waals surface area contributed by atoms with Crippen molar-refractivity contribution in [1.29, 1.82) is 0 Å². The van der Waals surface area contributed by atoms with Crippen LogP contribution in [-0.2, 0) is 11.3 Å². The molecule has 3 N–H and O–H groups in total. The van der Waals surface area contributed by atoms with E-state index in [1.54, 1.807) is 6.20 Å². The zero-order valence-corrected chi connectivity index (χ0v) is 12.3. The van der Waals surface area contributed by atoms with Crippen LogP contribution in [0.4, 0.5) is 0 Å². The fraction of sp³-hybridized carbons (Fsp3) is 0.571. The molecular weight excluding hydrogens is 306 g/mol. The summed E-state index contributed by atoms with van der Waals surface area (Å²) in [5.41, 5.74) is 6.84. The van der Waals surface area contributed by atoms with Crippen LogP contribution in [0.25, 0.3) is 0 Å². The Morgan fingerprint density at radius 1 is 1.42 bits per heavy atom. The molecule has 2 fully saturated rings. The summed E-state index contributed by atoms with van der Waals surface area (Å²) < 4.78 is 0.948. The highest BCUT2D eigenvalue weighted by Crippen LogP contribution is 2.48. The lowest BCUT2D eigenvalue weighted by Gasteiger charge is -2.37. The number of fused-ring (bicyclic) bond motifs is 1. The Balaban J connectivity index is 1.50. The number of carbonyl (C=O) groups excluding carboxylic acids is 1. The molecule has 1 amide bonds. The minimum Gasteiger partial charge on any atom is -0.350 e. The topological polar surface area (TPSA) is 68.0 Å². The molecule has 4 unspecified atom stereocenters. The van der Waals surface area contributed by atoms with Crippen LogP contribution in [0.2, 0.25) is 0 Å². The first-order chi connectivity index (χ1) is 9.13. The predicted molar refractivity (Wildman–Crippen MR) is 76.1 cm³/mol. The molecule has 1 aromatic heterocycles. The van der Waals surface area contributed by atoms with Crippen LogP contribution in [0.5, 0.6) is 0 Å². The number of amides is 1. The molecule has 19 heavy (non-hydrogen) atoms. The van der Waals surface area contributed by atoms with Crippen LogP contribution >= 0.6 is 15.9 Å². The highest BCUT2D eigenvalue weighted by molar-refractivity contribution is 9.10.